The van der Waals surface area contributed by atoms with Gasteiger partial charge in [-0.2, -0.15) is 0 Å². The molecule has 4 nitrogen and oxygen atoms in total. The maximum atomic E-state index is 6.51. The highest BCUT2D eigenvalue weighted by Crippen LogP contribution is 2.43. The van der Waals surface area contributed by atoms with Crippen molar-refractivity contribution in [3.05, 3.63) is 193 Å². The zero-order valence-corrected chi connectivity index (χ0v) is 32.1. The van der Waals surface area contributed by atoms with Crippen LogP contribution in [0.4, 0.5) is 0 Å². The fourth-order valence-corrected chi connectivity index (χ4v) is 8.91. The highest BCUT2D eigenvalue weighted by atomic mass is 16.3. The summed E-state index contributed by atoms with van der Waals surface area (Å²) in [7, 11) is 0. The minimum atomic E-state index is 0.813. The van der Waals surface area contributed by atoms with Crippen LogP contribution in [0.5, 0.6) is 0 Å². The van der Waals surface area contributed by atoms with Gasteiger partial charge in [0.15, 0.2) is 0 Å². The molecule has 0 aliphatic carbocycles. The van der Waals surface area contributed by atoms with Crippen molar-refractivity contribution >= 4 is 88.4 Å². The molecule has 8 aromatic carbocycles. The van der Waals surface area contributed by atoms with Gasteiger partial charge < -0.3 is 17.7 Å². The van der Waals surface area contributed by atoms with Gasteiger partial charge in [-0.25, -0.2) is 0 Å². The minimum absolute atomic E-state index is 0.813. The second kappa shape index (κ2) is 12.9. The molecule has 12 rings (SSSR count). The van der Waals surface area contributed by atoms with Gasteiger partial charge in [-0.1, -0.05) is 104 Å². The first kappa shape index (κ1) is 33.3. The molecule has 0 unspecified atom stereocenters. The van der Waals surface area contributed by atoms with Crippen LogP contribution in [0.3, 0.4) is 0 Å². The van der Waals surface area contributed by atoms with Crippen molar-refractivity contribution in [1.29, 1.82) is 0 Å². The Morgan fingerprint density at radius 2 is 0.797 bits per heavy atom. The summed E-state index contributed by atoms with van der Waals surface area (Å²) in [6.45, 7) is 6.27. The molecule has 0 N–H and O–H groups in total. The third-order valence-corrected chi connectivity index (χ3v) is 11.8. The highest BCUT2D eigenvalue weighted by Gasteiger charge is 2.19. The summed E-state index contributed by atoms with van der Waals surface area (Å²) in [5, 5.41) is 7.37. The predicted molar refractivity (Wildman–Crippen MR) is 244 cm³/mol. The summed E-state index contributed by atoms with van der Waals surface area (Å²) in [5.41, 5.74) is 15.8. The Morgan fingerprint density at radius 3 is 1.34 bits per heavy atom. The summed E-state index contributed by atoms with van der Waals surface area (Å²) in [5.74, 6) is 0.860. The van der Waals surface area contributed by atoms with Crippen molar-refractivity contribution in [2.45, 2.75) is 6.92 Å². The second-order valence-corrected chi connectivity index (χ2v) is 15.3. The van der Waals surface area contributed by atoms with Crippen molar-refractivity contribution in [2.75, 3.05) is 0 Å². The van der Waals surface area contributed by atoms with E-state index in [0.29, 0.717) is 0 Å². The van der Waals surface area contributed by atoms with E-state index in [1.54, 1.807) is 0 Å². The molecule has 0 bridgehead atoms. The lowest BCUT2D eigenvalue weighted by atomic mass is 9.96. The van der Waals surface area contributed by atoms with Gasteiger partial charge >= 0.3 is 0 Å². The number of allylic oxidation sites excluding steroid dienone is 2. The van der Waals surface area contributed by atoms with Gasteiger partial charge in [-0.15, -0.1) is 0 Å². The number of fused-ring (bicyclic) bond motifs is 11. The molecule has 0 saturated carbocycles. The average molecular weight is 759 g/mol. The van der Waals surface area contributed by atoms with E-state index in [-0.39, 0.29) is 0 Å². The van der Waals surface area contributed by atoms with E-state index in [9.17, 15) is 0 Å². The number of hydrogen-bond acceptors (Lipinski definition) is 4. The topological polar surface area (TPSA) is 52.6 Å². The maximum absolute atomic E-state index is 6.51. The van der Waals surface area contributed by atoms with E-state index in [4.69, 9.17) is 17.7 Å². The zero-order valence-electron chi connectivity index (χ0n) is 32.1. The zero-order chi connectivity index (χ0) is 39.2. The lowest BCUT2D eigenvalue weighted by Crippen LogP contribution is -1.83. The van der Waals surface area contributed by atoms with E-state index in [0.717, 1.165) is 121 Å². The Hall–Kier alpha value is -7.82. The van der Waals surface area contributed by atoms with E-state index in [1.165, 1.54) is 11.1 Å². The molecule has 59 heavy (non-hydrogen) atoms. The summed E-state index contributed by atoms with van der Waals surface area (Å²) in [6, 6.07) is 57.0. The van der Waals surface area contributed by atoms with Gasteiger partial charge in [-0.05, 0) is 130 Å². The second-order valence-electron chi connectivity index (χ2n) is 15.3. The van der Waals surface area contributed by atoms with Gasteiger partial charge in [0, 0.05) is 43.3 Å². The summed E-state index contributed by atoms with van der Waals surface area (Å²) < 4.78 is 25.6. The third kappa shape index (κ3) is 5.30. The molecular weight excluding hydrogens is 725 g/mol. The molecule has 4 aromatic heterocycles. The molecule has 0 radical (unpaired) electrons. The van der Waals surface area contributed by atoms with E-state index >= 15 is 0 Å². The normalized spacial score (nSPS) is 12.3. The molecule has 0 aliphatic rings. The number of furan rings is 4. The maximum Gasteiger partial charge on any atom is 0.136 e. The van der Waals surface area contributed by atoms with Crippen LogP contribution in [-0.2, 0) is 0 Å². The largest absolute Gasteiger partial charge is 0.461 e. The fraction of sp³-hybridized carbons (Fsp3) is 0.0182. The van der Waals surface area contributed by atoms with Gasteiger partial charge in [0.1, 0.15) is 44.8 Å². The number of rotatable bonds is 6. The van der Waals surface area contributed by atoms with E-state index in [2.05, 4.69) is 152 Å². The molecule has 0 saturated heterocycles. The van der Waals surface area contributed by atoms with Gasteiger partial charge in [-0.3, -0.25) is 0 Å². The first-order valence-electron chi connectivity index (χ1n) is 19.8. The molecule has 12 aromatic rings. The summed E-state index contributed by atoms with van der Waals surface area (Å²) >= 11 is 0. The molecule has 0 fully saturated rings. The molecule has 0 atom stereocenters. The Bertz CT molecular complexity index is 3680. The Balaban J connectivity index is 0.989. The summed E-state index contributed by atoms with van der Waals surface area (Å²) in [4.78, 5) is 0. The fourth-order valence-electron chi connectivity index (χ4n) is 8.91. The molecular formula is C55H34O4. The van der Waals surface area contributed by atoms with Crippen molar-refractivity contribution in [3.63, 3.8) is 0 Å². The van der Waals surface area contributed by atoms with Crippen LogP contribution in [0.2, 0.25) is 0 Å². The van der Waals surface area contributed by atoms with Crippen LogP contribution in [0, 0.1) is 6.92 Å². The monoisotopic (exact) mass is 758 g/mol. The van der Waals surface area contributed by atoms with Crippen LogP contribution in [-0.4, -0.2) is 0 Å². The SMILES string of the molecule is C=C/C(=C\c1c(C)oc2ccc(-c3ccccc3)cc12)c1ccc2oc3ccc4oc5ccc(-c6ccc7oc8ccc(-c9ccccc9)cc8c7c6)cc5c4c3c2c1. The standard InChI is InChI=1S/C55H34O4/c1-3-33(26-41-32(2)56-47-19-15-37(27-42(41)47)34-10-6-4-7-11-34)36-14-22-50-45(30-36)54-52(58-50)24-25-53-55(54)46-31-40(18-23-51(46)59-53)39-17-21-49-44(29-39)43-28-38(16-20-48(43)57-49)35-12-8-5-9-13-35/h3-31H,1H2,2H3/b33-26+. The number of benzene rings is 8. The number of aryl methyl sites for hydroxylation is 1. The molecule has 4 heteroatoms. The minimum Gasteiger partial charge on any atom is -0.461 e. The number of hydrogen-bond donors (Lipinski definition) is 0. The van der Waals surface area contributed by atoms with Gasteiger partial charge in [0.2, 0.25) is 0 Å². The quantitative estimate of drug-likeness (QED) is 0.158. The van der Waals surface area contributed by atoms with E-state index in [1.807, 2.05) is 37.3 Å². The first-order valence-corrected chi connectivity index (χ1v) is 19.8. The van der Waals surface area contributed by atoms with Gasteiger partial charge in [0.05, 0.1) is 0 Å². The summed E-state index contributed by atoms with van der Waals surface area (Å²) in [6.07, 6.45) is 4.10. The Kier molecular flexibility index (Phi) is 7.26. The predicted octanol–water partition coefficient (Wildman–Crippen LogP) is 16.2. The smallest absolute Gasteiger partial charge is 0.136 e. The van der Waals surface area contributed by atoms with Crippen LogP contribution in [0.1, 0.15) is 16.9 Å². The van der Waals surface area contributed by atoms with Crippen molar-refractivity contribution in [1.82, 2.24) is 0 Å². The van der Waals surface area contributed by atoms with E-state index < -0.39 is 0 Å². The molecule has 278 valence electrons. The van der Waals surface area contributed by atoms with Crippen LogP contribution in [0.15, 0.2) is 194 Å². The van der Waals surface area contributed by atoms with Gasteiger partial charge in [0.25, 0.3) is 0 Å². The van der Waals surface area contributed by atoms with Crippen LogP contribution >= 0.6 is 0 Å². The highest BCUT2D eigenvalue weighted by molar-refractivity contribution is 6.26. The molecule has 0 aliphatic heterocycles. The lowest BCUT2D eigenvalue weighted by molar-refractivity contribution is 0.577. The lowest BCUT2D eigenvalue weighted by Gasteiger charge is -2.05. The first-order chi connectivity index (χ1) is 29.1. The van der Waals surface area contributed by atoms with Crippen molar-refractivity contribution < 1.29 is 17.7 Å². The van der Waals surface area contributed by atoms with Crippen molar-refractivity contribution in [3.8, 4) is 33.4 Å². The molecule has 0 amide bonds. The molecule has 0 spiro atoms. The Labute approximate surface area is 338 Å². The molecule has 4 heterocycles. The Morgan fingerprint density at radius 1 is 0.390 bits per heavy atom. The van der Waals surface area contributed by atoms with Crippen LogP contribution < -0.4 is 0 Å². The average Bonchev–Trinajstić information content (AvgIpc) is 4.04. The third-order valence-electron chi connectivity index (χ3n) is 11.8. The van der Waals surface area contributed by atoms with Crippen LogP contribution in [0.25, 0.3) is 122 Å². The van der Waals surface area contributed by atoms with Crippen molar-refractivity contribution in [2.24, 2.45) is 0 Å².